The molecule has 0 aromatic rings. The molecule has 0 spiro atoms. The fraction of sp³-hybridized carbons (Fsp3) is 0.857. The number of amides is 1. The number of aliphatic carboxylic acids is 1. The van der Waals surface area contributed by atoms with Gasteiger partial charge in [0.15, 0.2) is 0 Å². The van der Waals surface area contributed by atoms with E-state index in [-0.39, 0.29) is 18.6 Å². The summed E-state index contributed by atoms with van der Waals surface area (Å²) < 4.78 is 10.7. The number of carboxylic acid groups (broad SMARTS) is 1. The van der Waals surface area contributed by atoms with Crippen LogP contribution < -0.4 is 5.73 Å². The first-order valence-corrected chi connectivity index (χ1v) is 7.23. The SMILES string of the molecule is CC(C)(C)OC(=O)N1CCCC(COCC(N)C(=O)O)C1. The molecule has 122 valence electrons. The van der Waals surface area contributed by atoms with Crippen molar-refractivity contribution in [2.24, 2.45) is 11.7 Å². The van der Waals surface area contributed by atoms with Gasteiger partial charge in [0.05, 0.1) is 13.2 Å². The van der Waals surface area contributed by atoms with Crippen molar-refractivity contribution >= 4 is 12.1 Å². The van der Waals surface area contributed by atoms with E-state index in [0.29, 0.717) is 19.7 Å². The number of carboxylic acids is 1. The van der Waals surface area contributed by atoms with Crippen LogP contribution in [0.25, 0.3) is 0 Å². The molecule has 1 rings (SSSR count). The van der Waals surface area contributed by atoms with Crippen LogP contribution in [0.1, 0.15) is 33.6 Å². The standard InChI is InChI=1S/C14H26N2O5/c1-14(2,3)21-13(19)16-6-4-5-10(7-16)8-20-9-11(15)12(17)18/h10-11H,4-9,15H2,1-3H3,(H,17,18). The van der Waals surface area contributed by atoms with Crippen molar-refractivity contribution in [2.45, 2.75) is 45.3 Å². The second-order valence-corrected chi connectivity index (χ2v) is 6.42. The Morgan fingerprint density at radius 1 is 1.43 bits per heavy atom. The lowest BCUT2D eigenvalue weighted by atomic mass is 9.99. The first kappa shape index (κ1) is 17.7. The molecule has 7 nitrogen and oxygen atoms in total. The Bertz CT molecular complexity index is 367. The minimum atomic E-state index is -1.07. The number of nitrogens with two attached hydrogens (primary N) is 1. The highest BCUT2D eigenvalue weighted by atomic mass is 16.6. The van der Waals surface area contributed by atoms with Gasteiger partial charge >= 0.3 is 12.1 Å². The van der Waals surface area contributed by atoms with E-state index in [2.05, 4.69) is 0 Å². The zero-order valence-electron chi connectivity index (χ0n) is 13.0. The Balaban J connectivity index is 2.35. The minimum Gasteiger partial charge on any atom is -0.480 e. The molecule has 1 fully saturated rings. The van der Waals surface area contributed by atoms with Gasteiger partial charge < -0.3 is 25.2 Å². The number of nitrogens with zero attached hydrogens (tertiary/aromatic N) is 1. The molecule has 0 aromatic heterocycles. The molecule has 3 N–H and O–H groups in total. The summed E-state index contributed by atoms with van der Waals surface area (Å²) in [5.41, 5.74) is 4.86. The molecule has 7 heteroatoms. The highest BCUT2D eigenvalue weighted by molar-refractivity contribution is 5.73. The summed E-state index contributed by atoms with van der Waals surface area (Å²) >= 11 is 0. The van der Waals surface area contributed by atoms with Crippen molar-refractivity contribution in [1.82, 2.24) is 4.90 Å². The number of hydrogen-bond acceptors (Lipinski definition) is 5. The molecule has 1 aliphatic heterocycles. The summed E-state index contributed by atoms with van der Waals surface area (Å²) in [6, 6.07) is -1.00. The first-order valence-electron chi connectivity index (χ1n) is 7.23. The van der Waals surface area contributed by atoms with Crippen molar-refractivity contribution < 1.29 is 24.2 Å². The second kappa shape index (κ2) is 7.61. The molecular weight excluding hydrogens is 276 g/mol. The van der Waals surface area contributed by atoms with Crippen LogP contribution in [0, 0.1) is 5.92 Å². The van der Waals surface area contributed by atoms with Gasteiger partial charge in [-0.2, -0.15) is 0 Å². The normalized spacial score (nSPS) is 21.0. The Hall–Kier alpha value is -1.34. The molecule has 1 heterocycles. The van der Waals surface area contributed by atoms with Gasteiger partial charge in [-0.05, 0) is 33.6 Å². The summed E-state index contributed by atoms with van der Waals surface area (Å²) in [6.45, 7) is 7.14. The van der Waals surface area contributed by atoms with Gasteiger partial charge in [-0.25, -0.2) is 4.79 Å². The topological polar surface area (TPSA) is 102 Å². The Labute approximate surface area is 125 Å². The average Bonchev–Trinajstić information content (AvgIpc) is 2.36. The fourth-order valence-corrected chi connectivity index (χ4v) is 2.13. The largest absolute Gasteiger partial charge is 0.480 e. The molecule has 0 saturated carbocycles. The monoisotopic (exact) mass is 302 g/mol. The van der Waals surface area contributed by atoms with E-state index in [9.17, 15) is 9.59 Å². The molecule has 1 saturated heterocycles. The first-order chi connectivity index (χ1) is 9.69. The smallest absolute Gasteiger partial charge is 0.410 e. The lowest BCUT2D eigenvalue weighted by Crippen LogP contribution is -2.44. The van der Waals surface area contributed by atoms with E-state index in [1.54, 1.807) is 4.90 Å². The molecular formula is C14H26N2O5. The molecule has 0 bridgehead atoms. The maximum Gasteiger partial charge on any atom is 0.410 e. The van der Waals surface area contributed by atoms with Gasteiger partial charge in [-0.15, -0.1) is 0 Å². The molecule has 1 amide bonds. The quantitative estimate of drug-likeness (QED) is 0.787. The molecule has 0 aromatic carbocycles. The molecule has 0 radical (unpaired) electrons. The number of rotatable bonds is 5. The minimum absolute atomic E-state index is 0.0156. The van der Waals surface area contributed by atoms with Crippen molar-refractivity contribution in [1.29, 1.82) is 0 Å². The third-order valence-corrected chi connectivity index (χ3v) is 3.14. The summed E-state index contributed by atoms with van der Waals surface area (Å²) in [6.07, 6.45) is 1.52. The Kier molecular flexibility index (Phi) is 6.42. The van der Waals surface area contributed by atoms with Crippen LogP contribution in [0.5, 0.6) is 0 Å². The number of carbonyl (C=O) groups excluding carboxylic acids is 1. The maximum atomic E-state index is 12.0. The summed E-state index contributed by atoms with van der Waals surface area (Å²) in [7, 11) is 0. The van der Waals surface area contributed by atoms with Crippen molar-refractivity contribution in [3.8, 4) is 0 Å². The molecule has 21 heavy (non-hydrogen) atoms. The van der Waals surface area contributed by atoms with Gasteiger partial charge in [0.1, 0.15) is 11.6 Å². The van der Waals surface area contributed by atoms with Crippen molar-refractivity contribution in [2.75, 3.05) is 26.3 Å². The predicted octanol–water partition coefficient (Wildman–Crippen LogP) is 1.06. The average molecular weight is 302 g/mol. The van der Waals surface area contributed by atoms with Gasteiger partial charge in [0, 0.05) is 19.0 Å². The van der Waals surface area contributed by atoms with Crippen molar-refractivity contribution in [3.63, 3.8) is 0 Å². The zero-order chi connectivity index (χ0) is 16.0. The number of ether oxygens (including phenoxy) is 2. The third kappa shape index (κ3) is 6.77. The number of carbonyl (C=O) groups is 2. The van der Waals surface area contributed by atoms with Crippen LogP contribution in [-0.2, 0) is 14.3 Å². The lowest BCUT2D eigenvalue weighted by molar-refractivity contribution is -0.140. The molecule has 2 atom stereocenters. The Morgan fingerprint density at radius 2 is 2.10 bits per heavy atom. The third-order valence-electron chi connectivity index (χ3n) is 3.14. The van der Waals surface area contributed by atoms with E-state index in [1.807, 2.05) is 20.8 Å². The summed E-state index contributed by atoms with van der Waals surface area (Å²) in [5, 5.41) is 8.67. The predicted molar refractivity (Wildman–Crippen MR) is 77.0 cm³/mol. The zero-order valence-corrected chi connectivity index (χ0v) is 13.0. The van der Waals surface area contributed by atoms with Gasteiger partial charge in [-0.3, -0.25) is 4.79 Å². The van der Waals surface area contributed by atoms with E-state index < -0.39 is 17.6 Å². The second-order valence-electron chi connectivity index (χ2n) is 6.42. The molecule has 1 aliphatic rings. The van der Waals surface area contributed by atoms with Crippen LogP contribution in [0.15, 0.2) is 0 Å². The fourth-order valence-electron chi connectivity index (χ4n) is 2.13. The lowest BCUT2D eigenvalue weighted by Gasteiger charge is -2.34. The van der Waals surface area contributed by atoms with E-state index in [0.717, 1.165) is 12.8 Å². The van der Waals surface area contributed by atoms with Crippen molar-refractivity contribution in [3.05, 3.63) is 0 Å². The number of hydrogen-bond donors (Lipinski definition) is 2. The molecule has 0 aliphatic carbocycles. The van der Waals surface area contributed by atoms with Crippen LogP contribution in [0.2, 0.25) is 0 Å². The summed E-state index contributed by atoms with van der Waals surface area (Å²) in [4.78, 5) is 24.3. The van der Waals surface area contributed by atoms with Gasteiger partial charge in [0.2, 0.25) is 0 Å². The molecule has 2 unspecified atom stereocenters. The van der Waals surface area contributed by atoms with Gasteiger partial charge in [0.25, 0.3) is 0 Å². The number of piperidine rings is 1. The van der Waals surface area contributed by atoms with Crippen LogP contribution in [0.4, 0.5) is 4.79 Å². The van der Waals surface area contributed by atoms with Crippen LogP contribution in [-0.4, -0.2) is 60.0 Å². The van der Waals surface area contributed by atoms with Crippen LogP contribution in [0.3, 0.4) is 0 Å². The van der Waals surface area contributed by atoms with E-state index >= 15 is 0 Å². The number of likely N-dealkylation sites (tertiary alicyclic amines) is 1. The maximum absolute atomic E-state index is 12.0. The highest BCUT2D eigenvalue weighted by Gasteiger charge is 2.27. The highest BCUT2D eigenvalue weighted by Crippen LogP contribution is 2.19. The van der Waals surface area contributed by atoms with Gasteiger partial charge in [-0.1, -0.05) is 0 Å². The van der Waals surface area contributed by atoms with E-state index in [4.69, 9.17) is 20.3 Å². The Morgan fingerprint density at radius 3 is 2.67 bits per heavy atom. The van der Waals surface area contributed by atoms with E-state index in [1.165, 1.54) is 0 Å². The van der Waals surface area contributed by atoms with Crippen LogP contribution >= 0.6 is 0 Å². The summed E-state index contributed by atoms with van der Waals surface area (Å²) in [5.74, 6) is -0.888.